The van der Waals surface area contributed by atoms with Crippen LogP contribution in [0.25, 0.3) is 17.0 Å². The summed E-state index contributed by atoms with van der Waals surface area (Å²) in [4.78, 5) is 7.22. The number of hydrogen-bond donors (Lipinski definition) is 2. The second kappa shape index (κ2) is 5.40. The summed E-state index contributed by atoms with van der Waals surface area (Å²) in [6.45, 7) is 0. The molecule has 20 heavy (non-hydrogen) atoms. The first-order valence-electron chi connectivity index (χ1n) is 6.25. The van der Waals surface area contributed by atoms with Crippen molar-refractivity contribution in [2.75, 3.05) is 0 Å². The molecule has 2 aromatic heterocycles. The van der Waals surface area contributed by atoms with Crippen LogP contribution in [0.2, 0.25) is 0 Å². The van der Waals surface area contributed by atoms with E-state index in [4.69, 9.17) is 5.21 Å². The Morgan fingerprint density at radius 3 is 2.90 bits per heavy atom. The molecule has 0 saturated carbocycles. The van der Waals surface area contributed by atoms with Crippen LogP contribution >= 0.6 is 0 Å². The van der Waals surface area contributed by atoms with E-state index in [-0.39, 0.29) is 0 Å². The van der Waals surface area contributed by atoms with Gasteiger partial charge >= 0.3 is 0 Å². The van der Waals surface area contributed by atoms with E-state index in [1.807, 2.05) is 42.6 Å². The topological polar surface area (TPSA) is 61.3 Å². The lowest BCUT2D eigenvalue weighted by Crippen LogP contribution is -1.96. The molecule has 4 nitrogen and oxygen atoms in total. The first kappa shape index (κ1) is 12.2. The highest BCUT2D eigenvalue weighted by Gasteiger charge is 2.02. The maximum Gasteiger partial charge on any atom is 0.111 e. The SMILES string of the molecule is ON=C(/C=C/c1c[nH]c2ccccc12)c1cccnc1. The zero-order valence-corrected chi connectivity index (χ0v) is 10.7. The molecule has 4 heteroatoms. The van der Waals surface area contributed by atoms with Gasteiger partial charge in [-0.25, -0.2) is 0 Å². The van der Waals surface area contributed by atoms with Gasteiger partial charge in [-0.2, -0.15) is 0 Å². The quantitative estimate of drug-likeness (QED) is 0.432. The summed E-state index contributed by atoms with van der Waals surface area (Å²) in [5.41, 5.74) is 3.37. The van der Waals surface area contributed by atoms with Gasteiger partial charge in [0.2, 0.25) is 0 Å². The number of aromatic amines is 1. The van der Waals surface area contributed by atoms with Gasteiger partial charge in [0.25, 0.3) is 0 Å². The van der Waals surface area contributed by atoms with Gasteiger partial charge in [0.1, 0.15) is 5.71 Å². The van der Waals surface area contributed by atoms with Crippen molar-refractivity contribution in [3.63, 3.8) is 0 Å². The molecule has 0 aliphatic heterocycles. The highest BCUT2D eigenvalue weighted by molar-refractivity contribution is 6.10. The number of H-pyrrole nitrogens is 1. The number of pyridine rings is 1. The molecule has 3 rings (SSSR count). The minimum atomic E-state index is 0.475. The smallest absolute Gasteiger partial charge is 0.111 e. The number of rotatable bonds is 3. The molecule has 0 unspecified atom stereocenters. The Hall–Kier alpha value is -2.88. The summed E-state index contributed by atoms with van der Waals surface area (Å²) < 4.78 is 0. The molecule has 0 aliphatic rings. The van der Waals surface area contributed by atoms with Crippen LogP contribution in [0.15, 0.2) is 66.2 Å². The molecule has 0 saturated heterocycles. The van der Waals surface area contributed by atoms with Crippen LogP contribution in [0, 0.1) is 0 Å². The lowest BCUT2D eigenvalue weighted by Gasteiger charge is -1.97. The summed E-state index contributed by atoms with van der Waals surface area (Å²) >= 11 is 0. The van der Waals surface area contributed by atoms with Crippen molar-refractivity contribution in [1.29, 1.82) is 0 Å². The molecule has 0 amide bonds. The molecule has 0 spiro atoms. The van der Waals surface area contributed by atoms with Gasteiger partial charge in [-0.05, 0) is 29.8 Å². The van der Waals surface area contributed by atoms with Crippen molar-refractivity contribution < 1.29 is 5.21 Å². The second-order valence-corrected chi connectivity index (χ2v) is 4.35. The fourth-order valence-corrected chi connectivity index (χ4v) is 2.10. The molecule has 2 N–H and O–H groups in total. The van der Waals surface area contributed by atoms with Crippen molar-refractivity contribution >= 4 is 22.7 Å². The first-order valence-corrected chi connectivity index (χ1v) is 6.25. The van der Waals surface area contributed by atoms with Gasteiger partial charge in [-0.15, -0.1) is 0 Å². The van der Waals surface area contributed by atoms with Crippen LogP contribution in [0.4, 0.5) is 0 Å². The largest absolute Gasteiger partial charge is 0.410 e. The highest BCUT2D eigenvalue weighted by atomic mass is 16.4. The van der Waals surface area contributed by atoms with Crippen LogP contribution < -0.4 is 0 Å². The predicted molar refractivity (Wildman–Crippen MR) is 79.9 cm³/mol. The number of aromatic nitrogens is 2. The second-order valence-electron chi connectivity index (χ2n) is 4.35. The number of para-hydroxylation sites is 1. The van der Waals surface area contributed by atoms with Gasteiger partial charge in [-0.3, -0.25) is 4.98 Å². The van der Waals surface area contributed by atoms with Gasteiger partial charge in [0, 0.05) is 35.1 Å². The van der Waals surface area contributed by atoms with E-state index in [0.717, 1.165) is 22.0 Å². The number of fused-ring (bicyclic) bond motifs is 1. The van der Waals surface area contributed by atoms with E-state index in [1.165, 1.54) is 0 Å². The number of oxime groups is 1. The molecular weight excluding hydrogens is 250 g/mol. The van der Waals surface area contributed by atoms with Crippen molar-refractivity contribution in [3.8, 4) is 0 Å². The Bertz CT molecular complexity index is 773. The third-order valence-electron chi connectivity index (χ3n) is 3.11. The normalized spacial score (nSPS) is 12.3. The van der Waals surface area contributed by atoms with Crippen LogP contribution in [0.5, 0.6) is 0 Å². The van der Waals surface area contributed by atoms with E-state index in [2.05, 4.69) is 15.1 Å². The summed E-state index contributed by atoms with van der Waals surface area (Å²) in [5.74, 6) is 0. The summed E-state index contributed by atoms with van der Waals surface area (Å²) in [6.07, 6.45) is 8.96. The zero-order chi connectivity index (χ0) is 13.8. The van der Waals surface area contributed by atoms with Crippen LogP contribution in [0.3, 0.4) is 0 Å². The van der Waals surface area contributed by atoms with Crippen LogP contribution in [-0.2, 0) is 0 Å². The van der Waals surface area contributed by atoms with Gasteiger partial charge < -0.3 is 10.2 Å². The van der Waals surface area contributed by atoms with E-state index in [0.29, 0.717) is 5.71 Å². The molecule has 0 radical (unpaired) electrons. The van der Waals surface area contributed by atoms with E-state index < -0.39 is 0 Å². The molecule has 0 atom stereocenters. The Labute approximate surface area is 116 Å². The maximum absolute atomic E-state index is 9.12. The van der Waals surface area contributed by atoms with Gasteiger partial charge in [-0.1, -0.05) is 29.4 Å². The van der Waals surface area contributed by atoms with Crippen LogP contribution in [-0.4, -0.2) is 20.9 Å². The number of nitrogens with zero attached hydrogens (tertiary/aromatic N) is 2. The Morgan fingerprint density at radius 1 is 1.20 bits per heavy atom. The maximum atomic E-state index is 9.12. The van der Waals surface area contributed by atoms with Crippen molar-refractivity contribution in [1.82, 2.24) is 9.97 Å². The van der Waals surface area contributed by atoms with Crippen molar-refractivity contribution in [2.24, 2.45) is 5.16 Å². The summed E-state index contributed by atoms with van der Waals surface area (Å²) in [5, 5.41) is 13.6. The molecule has 2 heterocycles. The number of hydrogen-bond acceptors (Lipinski definition) is 3. The Morgan fingerprint density at radius 2 is 2.10 bits per heavy atom. The number of benzene rings is 1. The summed E-state index contributed by atoms with van der Waals surface area (Å²) in [6, 6.07) is 11.7. The zero-order valence-electron chi connectivity index (χ0n) is 10.7. The number of nitrogens with one attached hydrogen (secondary N) is 1. The average Bonchev–Trinajstić information content (AvgIpc) is 2.92. The fraction of sp³-hybridized carbons (Fsp3) is 0. The third kappa shape index (κ3) is 2.31. The highest BCUT2D eigenvalue weighted by Crippen LogP contribution is 2.19. The van der Waals surface area contributed by atoms with E-state index >= 15 is 0 Å². The minimum absolute atomic E-state index is 0.475. The lowest BCUT2D eigenvalue weighted by molar-refractivity contribution is 0.320. The minimum Gasteiger partial charge on any atom is -0.410 e. The van der Waals surface area contributed by atoms with E-state index in [9.17, 15) is 0 Å². The van der Waals surface area contributed by atoms with E-state index in [1.54, 1.807) is 24.5 Å². The molecule has 0 fully saturated rings. The molecule has 0 bridgehead atoms. The van der Waals surface area contributed by atoms with Gasteiger partial charge in [0.15, 0.2) is 0 Å². The lowest BCUT2D eigenvalue weighted by atomic mass is 10.1. The first-order chi connectivity index (χ1) is 9.88. The monoisotopic (exact) mass is 263 g/mol. The summed E-state index contributed by atoms with van der Waals surface area (Å²) in [7, 11) is 0. The Balaban J connectivity index is 1.94. The van der Waals surface area contributed by atoms with Crippen molar-refractivity contribution in [3.05, 3.63) is 72.2 Å². The molecule has 98 valence electrons. The molecule has 1 aromatic carbocycles. The van der Waals surface area contributed by atoms with Crippen LogP contribution in [0.1, 0.15) is 11.1 Å². The Kier molecular flexibility index (Phi) is 3.29. The molecule has 0 aliphatic carbocycles. The molecular formula is C16H13N3O. The fourth-order valence-electron chi connectivity index (χ4n) is 2.10. The number of allylic oxidation sites excluding steroid dienone is 1. The average molecular weight is 263 g/mol. The standard InChI is InChI=1S/C16H13N3O/c20-19-15(13-4-3-9-17-10-13)8-7-12-11-18-16-6-2-1-5-14(12)16/h1-11,18,20H/b8-7+,19-15?. The predicted octanol–water partition coefficient (Wildman–Crippen LogP) is 3.45. The van der Waals surface area contributed by atoms with Crippen molar-refractivity contribution in [2.45, 2.75) is 0 Å². The van der Waals surface area contributed by atoms with Gasteiger partial charge in [0.05, 0.1) is 0 Å². The molecule has 3 aromatic rings. The third-order valence-corrected chi connectivity index (χ3v) is 3.11.